The molecule has 0 rings (SSSR count). The van der Waals surface area contributed by atoms with Gasteiger partial charge in [-0.1, -0.05) is 5.92 Å². The normalized spacial score (nSPS) is 15.7. The lowest BCUT2D eigenvalue weighted by Gasteiger charge is -2.16. The fraction of sp³-hybridized carbons (Fsp3) is 0.571. The Kier molecular flexibility index (Phi) is 3.32. The monoisotopic (exact) mass is 196 g/mol. The van der Waals surface area contributed by atoms with Gasteiger partial charge in [0.25, 0.3) is 0 Å². The lowest BCUT2D eigenvalue weighted by atomic mass is 10.1. The van der Waals surface area contributed by atoms with Gasteiger partial charge in [-0.15, -0.1) is 6.42 Å². The molecular weight excluding hydrogens is 189 g/mol. The first-order valence-corrected chi connectivity index (χ1v) is 3.13. The van der Waals surface area contributed by atoms with Gasteiger partial charge in [0.2, 0.25) is 0 Å². The van der Waals surface area contributed by atoms with Gasteiger partial charge in [0, 0.05) is 0 Å². The molecule has 0 radical (unpaired) electrons. The number of aliphatic hydroxyl groups is 1. The molecule has 0 heterocycles. The van der Waals surface area contributed by atoms with Crippen LogP contribution < -0.4 is 0 Å². The Morgan fingerprint density at radius 3 is 2.38 bits per heavy atom. The summed E-state index contributed by atoms with van der Waals surface area (Å²) in [7, 11) is 0. The number of esters is 1. The Morgan fingerprint density at radius 1 is 1.62 bits per heavy atom. The van der Waals surface area contributed by atoms with Crippen LogP contribution in [0.15, 0.2) is 0 Å². The first-order valence-electron chi connectivity index (χ1n) is 3.13. The molecule has 1 atom stereocenters. The highest BCUT2D eigenvalue weighted by atomic mass is 19.4. The van der Waals surface area contributed by atoms with E-state index in [0.29, 0.717) is 0 Å². The zero-order chi connectivity index (χ0) is 10.7. The second kappa shape index (κ2) is 3.66. The average molecular weight is 196 g/mol. The number of hydrogen-bond donors (Lipinski definition) is 1. The summed E-state index contributed by atoms with van der Waals surface area (Å²) in [5.41, 5.74) is -1.87. The summed E-state index contributed by atoms with van der Waals surface area (Å²) in [6.07, 6.45) is -0.336. The van der Waals surface area contributed by atoms with E-state index in [9.17, 15) is 18.0 Å². The van der Waals surface area contributed by atoms with E-state index in [1.807, 2.05) is 0 Å². The van der Waals surface area contributed by atoms with Crippen LogP contribution in [-0.2, 0) is 9.53 Å². The number of hydrogen-bond acceptors (Lipinski definition) is 3. The molecular formula is C7H7F3O3. The molecule has 0 aromatic carbocycles. The SMILES string of the molecule is C#CC(C)(O)COC(=O)C(F)(F)F. The highest BCUT2D eigenvalue weighted by Crippen LogP contribution is 2.17. The quantitative estimate of drug-likeness (QED) is 0.516. The molecule has 0 saturated heterocycles. The van der Waals surface area contributed by atoms with Crippen molar-refractivity contribution in [3.63, 3.8) is 0 Å². The number of ether oxygens (including phenoxy) is 1. The third-order valence-electron chi connectivity index (χ3n) is 1.03. The molecule has 0 saturated carbocycles. The van der Waals surface area contributed by atoms with Crippen molar-refractivity contribution in [2.45, 2.75) is 18.7 Å². The molecule has 0 spiro atoms. The second-order valence-corrected chi connectivity index (χ2v) is 2.49. The standard InChI is InChI=1S/C7H7F3O3/c1-3-6(2,12)4-13-5(11)7(8,9)10/h1,12H,4H2,2H3. The first-order chi connectivity index (χ1) is 5.69. The van der Waals surface area contributed by atoms with Crippen molar-refractivity contribution in [2.24, 2.45) is 0 Å². The number of alkyl halides is 3. The van der Waals surface area contributed by atoms with Gasteiger partial charge in [-0.3, -0.25) is 0 Å². The van der Waals surface area contributed by atoms with Gasteiger partial charge < -0.3 is 9.84 Å². The van der Waals surface area contributed by atoms with Gasteiger partial charge in [-0.2, -0.15) is 13.2 Å². The van der Waals surface area contributed by atoms with Crippen LogP contribution in [0.2, 0.25) is 0 Å². The molecule has 0 fully saturated rings. The van der Waals surface area contributed by atoms with E-state index in [4.69, 9.17) is 11.5 Å². The molecule has 0 aliphatic rings. The third-order valence-corrected chi connectivity index (χ3v) is 1.03. The number of carbonyl (C=O) groups is 1. The summed E-state index contributed by atoms with van der Waals surface area (Å²) < 4.78 is 38.3. The lowest BCUT2D eigenvalue weighted by Crippen LogP contribution is -2.34. The summed E-state index contributed by atoms with van der Waals surface area (Å²) in [6, 6.07) is 0. The van der Waals surface area contributed by atoms with E-state index < -0.39 is 24.4 Å². The van der Waals surface area contributed by atoms with Crippen molar-refractivity contribution in [3.8, 4) is 12.3 Å². The van der Waals surface area contributed by atoms with Crippen molar-refractivity contribution >= 4 is 5.97 Å². The van der Waals surface area contributed by atoms with E-state index in [2.05, 4.69) is 4.74 Å². The van der Waals surface area contributed by atoms with Gasteiger partial charge >= 0.3 is 12.1 Å². The zero-order valence-electron chi connectivity index (χ0n) is 6.68. The molecule has 6 heteroatoms. The predicted octanol–water partition coefficient (Wildman–Crippen LogP) is 0.476. The summed E-state index contributed by atoms with van der Waals surface area (Å²) in [5, 5.41) is 8.96. The maximum absolute atomic E-state index is 11.5. The van der Waals surface area contributed by atoms with E-state index in [1.54, 1.807) is 5.92 Å². The third kappa shape index (κ3) is 4.38. The van der Waals surface area contributed by atoms with Crippen LogP contribution in [0.3, 0.4) is 0 Å². The number of rotatable bonds is 2. The van der Waals surface area contributed by atoms with Crippen molar-refractivity contribution in [3.05, 3.63) is 0 Å². The van der Waals surface area contributed by atoms with Crippen LogP contribution in [-0.4, -0.2) is 29.5 Å². The molecule has 0 bridgehead atoms. The smallest absolute Gasteiger partial charge is 0.455 e. The number of terminal acetylenes is 1. The predicted molar refractivity (Wildman–Crippen MR) is 36.5 cm³/mol. The van der Waals surface area contributed by atoms with Crippen molar-refractivity contribution in [2.75, 3.05) is 6.61 Å². The first kappa shape index (κ1) is 11.8. The van der Waals surface area contributed by atoms with Crippen molar-refractivity contribution < 1.29 is 27.8 Å². The molecule has 1 unspecified atom stereocenters. The zero-order valence-corrected chi connectivity index (χ0v) is 6.68. The van der Waals surface area contributed by atoms with Crippen LogP contribution in [0, 0.1) is 12.3 Å². The highest BCUT2D eigenvalue weighted by molar-refractivity contribution is 5.75. The van der Waals surface area contributed by atoms with Gasteiger partial charge in [-0.05, 0) is 6.92 Å². The van der Waals surface area contributed by atoms with Crippen LogP contribution >= 0.6 is 0 Å². The van der Waals surface area contributed by atoms with Crippen LogP contribution in [0.1, 0.15) is 6.92 Å². The van der Waals surface area contributed by atoms with Gasteiger partial charge in [-0.25, -0.2) is 4.79 Å². The van der Waals surface area contributed by atoms with E-state index in [1.165, 1.54) is 0 Å². The second-order valence-electron chi connectivity index (χ2n) is 2.49. The van der Waals surface area contributed by atoms with Crippen LogP contribution in [0.4, 0.5) is 13.2 Å². The van der Waals surface area contributed by atoms with Crippen molar-refractivity contribution in [1.82, 2.24) is 0 Å². The molecule has 0 aliphatic carbocycles. The summed E-state index contributed by atoms with van der Waals surface area (Å²) >= 11 is 0. The summed E-state index contributed by atoms with van der Waals surface area (Å²) in [6.45, 7) is 0.165. The van der Waals surface area contributed by atoms with Gasteiger partial charge in [0.05, 0.1) is 0 Å². The average Bonchev–Trinajstić information content (AvgIpc) is 1.98. The Balaban J connectivity index is 4.08. The van der Waals surface area contributed by atoms with Crippen LogP contribution in [0.5, 0.6) is 0 Å². The minimum absolute atomic E-state index is 0.887. The maximum Gasteiger partial charge on any atom is 0.490 e. The molecule has 0 aromatic heterocycles. The Hall–Kier alpha value is -1.22. The lowest BCUT2D eigenvalue weighted by molar-refractivity contribution is -0.203. The fourth-order valence-electron chi connectivity index (χ4n) is 0.330. The van der Waals surface area contributed by atoms with Gasteiger partial charge in [0.15, 0.2) is 5.60 Å². The minimum atomic E-state index is -5.06. The van der Waals surface area contributed by atoms with E-state index >= 15 is 0 Å². The molecule has 3 nitrogen and oxygen atoms in total. The van der Waals surface area contributed by atoms with Crippen molar-refractivity contribution in [1.29, 1.82) is 0 Å². The minimum Gasteiger partial charge on any atom is -0.455 e. The molecule has 74 valence electrons. The van der Waals surface area contributed by atoms with E-state index in [0.717, 1.165) is 6.92 Å². The molecule has 0 aromatic rings. The highest BCUT2D eigenvalue weighted by Gasteiger charge is 2.41. The van der Waals surface area contributed by atoms with E-state index in [-0.39, 0.29) is 0 Å². The largest absolute Gasteiger partial charge is 0.490 e. The molecule has 13 heavy (non-hydrogen) atoms. The number of halogens is 3. The summed E-state index contributed by atoms with van der Waals surface area (Å²) in [4.78, 5) is 10.1. The Morgan fingerprint density at radius 2 is 2.08 bits per heavy atom. The number of carbonyl (C=O) groups excluding carboxylic acids is 1. The molecule has 0 amide bonds. The fourth-order valence-corrected chi connectivity index (χ4v) is 0.330. The van der Waals surface area contributed by atoms with Crippen LogP contribution in [0.25, 0.3) is 0 Å². The summed E-state index contributed by atoms with van der Waals surface area (Å²) in [5.74, 6) is -0.613. The maximum atomic E-state index is 11.5. The Bertz CT molecular complexity index is 236. The molecule has 1 N–H and O–H groups in total. The van der Waals surface area contributed by atoms with Gasteiger partial charge in [0.1, 0.15) is 6.61 Å². The molecule has 0 aliphatic heterocycles. The topological polar surface area (TPSA) is 46.5 Å². The Labute approximate surface area is 72.5 Å².